The number of ether oxygens (including phenoxy) is 1. The van der Waals surface area contributed by atoms with Crippen molar-refractivity contribution < 1.29 is 4.74 Å². The van der Waals surface area contributed by atoms with Gasteiger partial charge in [0.15, 0.2) is 0 Å². The lowest BCUT2D eigenvalue weighted by molar-refractivity contribution is 0.241. The van der Waals surface area contributed by atoms with Crippen molar-refractivity contribution in [3.05, 3.63) is 11.4 Å². The molecule has 0 aliphatic rings. The van der Waals surface area contributed by atoms with Crippen LogP contribution < -0.4 is 10.5 Å². The molecule has 1 heterocycles. The number of nitrogen functional groups attached to an aromatic ring is 1. The summed E-state index contributed by atoms with van der Waals surface area (Å²) >= 11 is 0. The van der Waals surface area contributed by atoms with Gasteiger partial charge in [-0.3, -0.25) is 0 Å². The first-order chi connectivity index (χ1) is 7.54. The van der Waals surface area contributed by atoms with Gasteiger partial charge in [-0.2, -0.15) is 4.98 Å². The van der Waals surface area contributed by atoms with Gasteiger partial charge in [-0.15, -0.1) is 0 Å². The highest BCUT2D eigenvalue weighted by Gasteiger charge is 2.09. The van der Waals surface area contributed by atoms with E-state index in [1.165, 1.54) is 12.8 Å². The van der Waals surface area contributed by atoms with Gasteiger partial charge in [-0.1, -0.05) is 20.3 Å². The molecule has 1 aromatic heterocycles. The van der Waals surface area contributed by atoms with Gasteiger partial charge in [0.2, 0.25) is 5.88 Å². The molecule has 1 atom stereocenters. The average Bonchev–Trinajstić information content (AvgIpc) is 2.21. The number of hydrogen-bond donors (Lipinski definition) is 1. The van der Waals surface area contributed by atoms with Crippen molar-refractivity contribution in [2.45, 2.75) is 40.5 Å². The molecule has 1 unspecified atom stereocenters. The Labute approximate surface area is 97.2 Å². The van der Waals surface area contributed by atoms with Gasteiger partial charge in [0.1, 0.15) is 11.6 Å². The minimum absolute atomic E-state index is 0.505. The molecule has 0 fully saturated rings. The number of nitrogens with zero attached hydrogens (tertiary/aromatic N) is 2. The molecule has 0 bridgehead atoms. The van der Waals surface area contributed by atoms with E-state index in [4.69, 9.17) is 10.5 Å². The zero-order valence-electron chi connectivity index (χ0n) is 10.6. The van der Waals surface area contributed by atoms with Gasteiger partial charge in [0.25, 0.3) is 0 Å². The third kappa shape index (κ3) is 3.36. The maximum atomic E-state index is 5.76. The largest absolute Gasteiger partial charge is 0.477 e. The van der Waals surface area contributed by atoms with Gasteiger partial charge >= 0.3 is 0 Å². The van der Waals surface area contributed by atoms with E-state index in [1.807, 2.05) is 13.8 Å². The van der Waals surface area contributed by atoms with Crippen LogP contribution in [0.15, 0.2) is 0 Å². The molecule has 90 valence electrons. The molecule has 0 amide bonds. The summed E-state index contributed by atoms with van der Waals surface area (Å²) in [5.74, 6) is 2.32. The fourth-order valence-electron chi connectivity index (χ4n) is 1.56. The third-order valence-electron chi connectivity index (χ3n) is 2.54. The predicted octanol–water partition coefficient (Wildman–Crippen LogP) is 2.49. The van der Waals surface area contributed by atoms with Gasteiger partial charge in [0.05, 0.1) is 12.2 Å². The lowest BCUT2D eigenvalue weighted by Crippen LogP contribution is -2.11. The van der Waals surface area contributed by atoms with Crippen molar-refractivity contribution in [3.8, 4) is 5.88 Å². The highest BCUT2D eigenvalue weighted by atomic mass is 16.5. The van der Waals surface area contributed by atoms with E-state index in [0.717, 1.165) is 5.56 Å². The number of nitrogens with two attached hydrogens (primary N) is 1. The SMILES string of the molecule is CCCC(C)COc1nc(C)nc(N)c1C. The number of hydrogen-bond acceptors (Lipinski definition) is 4. The number of rotatable bonds is 5. The van der Waals surface area contributed by atoms with Crippen LogP contribution in [-0.2, 0) is 0 Å². The molecule has 0 aliphatic carbocycles. The second-order valence-corrected chi connectivity index (χ2v) is 4.29. The summed E-state index contributed by atoms with van der Waals surface area (Å²) in [5, 5.41) is 0. The smallest absolute Gasteiger partial charge is 0.221 e. The molecular formula is C12H21N3O. The quantitative estimate of drug-likeness (QED) is 0.833. The van der Waals surface area contributed by atoms with E-state index in [2.05, 4.69) is 23.8 Å². The van der Waals surface area contributed by atoms with E-state index >= 15 is 0 Å². The Morgan fingerprint density at radius 2 is 2.00 bits per heavy atom. The summed E-state index contributed by atoms with van der Waals surface area (Å²) < 4.78 is 5.68. The molecule has 1 aromatic rings. The molecule has 0 aromatic carbocycles. The Balaban J connectivity index is 2.66. The molecule has 1 rings (SSSR count). The second-order valence-electron chi connectivity index (χ2n) is 4.29. The van der Waals surface area contributed by atoms with Crippen molar-refractivity contribution in [2.75, 3.05) is 12.3 Å². The molecule has 16 heavy (non-hydrogen) atoms. The highest BCUT2D eigenvalue weighted by Crippen LogP contribution is 2.20. The normalized spacial score (nSPS) is 12.5. The molecule has 0 spiro atoms. The van der Waals surface area contributed by atoms with Crippen LogP contribution in [0.5, 0.6) is 5.88 Å². The van der Waals surface area contributed by atoms with Crippen LogP contribution in [0.3, 0.4) is 0 Å². The lowest BCUT2D eigenvalue weighted by Gasteiger charge is -2.13. The second kappa shape index (κ2) is 5.68. The van der Waals surface area contributed by atoms with Crippen LogP contribution in [0.25, 0.3) is 0 Å². The number of aryl methyl sites for hydroxylation is 1. The van der Waals surface area contributed by atoms with Crippen molar-refractivity contribution in [1.29, 1.82) is 0 Å². The van der Waals surface area contributed by atoms with Crippen molar-refractivity contribution in [3.63, 3.8) is 0 Å². The average molecular weight is 223 g/mol. The van der Waals surface area contributed by atoms with Gasteiger partial charge in [-0.25, -0.2) is 4.98 Å². The molecule has 0 saturated heterocycles. The zero-order valence-corrected chi connectivity index (χ0v) is 10.6. The van der Waals surface area contributed by atoms with Crippen molar-refractivity contribution in [1.82, 2.24) is 9.97 Å². The van der Waals surface area contributed by atoms with Crippen molar-refractivity contribution >= 4 is 5.82 Å². The van der Waals surface area contributed by atoms with E-state index in [1.54, 1.807) is 0 Å². The van der Waals surface area contributed by atoms with E-state index in [9.17, 15) is 0 Å². The van der Waals surface area contributed by atoms with Crippen LogP contribution in [0.2, 0.25) is 0 Å². The van der Waals surface area contributed by atoms with Crippen LogP contribution in [0, 0.1) is 19.8 Å². The van der Waals surface area contributed by atoms with Gasteiger partial charge < -0.3 is 10.5 Å². The van der Waals surface area contributed by atoms with E-state index in [-0.39, 0.29) is 0 Å². The van der Waals surface area contributed by atoms with Gasteiger partial charge in [-0.05, 0) is 26.2 Å². The maximum absolute atomic E-state index is 5.76. The van der Waals surface area contributed by atoms with E-state index in [0.29, 0.717) is 30.0 Å². The Morgan fingerprint density at radius 3 is 2.62 bits per heavy atom. The summed E-state index contributed by atoms with van der Waals surface area (Å²) in [5.41, 5.74) is 6.58. The summed E-state index contributed by atoms with van der Waals surface area (Å²) in [6.07, 6.45) is 2.34. The molecular weight excluding hydrogens is 202 g/mol. The van der Waals surface area contributed by atoms with Gasteiger partial charge in [0, 0.05) is 0 Å². The Morgan fingerprint density at radius 1 is 1.31 bits per heavy atom. The first kappa shape index (κ1) is 12.7. The fourth-order valence-corrected chi connectivity index (χ4v) is 1.56. The Bertz CT molecular complexity index is 352. The Hall–Kier alpha value is -1.32. The molecule has 0 aliphatic heterocycles. The number of aromatic nitrogens is 2. The molecule has 0 saturated carbocycles. The third-order valence-corrected chi connectivity index (χ3v) is 2.54. The highest BCUT2D eigenvalue weighted by molar-refractivity contribution is 5.44. The Kier molecular flexibility index (Phi) is 4.52. The topological polar surface area (TPSA) is 61.0 Å². The molecule has 4 nitrogen and oxygen atoms in total. The fraction of sp³-hybridized carbons (Fsp3) is 0.667. The van der Waals surface area contributed by atoms with Crippen LogP contribution >= 0.6 is 0 Å². The van der Waals surface area contributed by atoms with E-state index < -0.39 is 0 Å². The first-order valence-corrected chi connectivity index (χ1v) is 5.78. The zero-order chi connectivity index (χ0) is 12.1. The summed E-state index contributed by atoms with van der Waals surface area (Å²) in [6, 6.07) is 0. The maximum Gasteiger partial charge on any atom is 0.221 e. The molecule has 0 radical (unpaired) electrons. The summed E-state index contributed by atoms with van der Waals surface area (Å²) in [7, 11) is 0. The number of anilines is 1. The monoisotopic (exact) mass is 223 g/mol. The molecule has 2 N–H and O–H groups in total. The summed E-state index contributed by atoms with van der Waals surface area (Å²) in [6.45, 7) is 8.74. The van der Waals surface area contributed by atoms with Crippen LogP contribution in [0.4, 0.5) is 5.82 Å². The van der Waals surface area contributed by atoms with Crippen LogP contribution in [0.1, 0.15) is 38.1 Å². The first-order valence-electron chi connectivity index (χ1n) is 5.78. The van der Waals surface area contributed by atoms with Crippen molar-refractivity contribution in [2.24, 2.45) is 5.92 Å². The minimum Gasteiger partial charge on any atom is -0.477 e. The molecule has 4 heteroatoms. The van der Waals surface area contributed by atoms with Crippen LogP contribution in [-0.4, -0.2) is 16.6 Å². The lowest BCUT2D eigenvalue weighted by atomic mass is 10.1. The minimum atomic E-state index is 0.505. The predicted molar refractivity (Wildman–Crippen MR) is 65.5 cm³/mol. The summed E-state index contributed by atoms with van der Waals surface area (Å²) in [4.78, 5) is 8.34. The standard InChI is InChI=1S/C12H21N3O/c1-5-6-8(2)7-16-12-9(3)11(13)14-10(4)15-12/h8H,5-7H2,1-4H3,(H2,13,14,15).